The maximum atomic E-state index is 13.2. The molecule has 4 aliphatic heterocycles. The lowest BCUT2D eigenvalue weighted by molar-refractivity contribution is -0.168. The van der Waals surface area contributed by atoms with Gasteiger partial charge in [0.05, 0.1) is 62.7 Å². The van der Waals surface area contributed by atoms with Crippen LogP contribution in [0.2, 0.25) is 0 Å². The molecule has 4 heterocycles. The van der Waals surface area contributed by atoms with E-state index in [0.29, 0.717) is 25.7 Å². The molecule has 5 fully saturated rings. The lowest BCUT2D eigenvalue weighted by atomic mass is 9.83. The molecule has 0 aromatic heterocycles. The van der Waals surface area contributed by atoms with Crippen molar-refractivity contribution in [3.8, 4) is 0 Å². The van der Waals surface area contributed by atoms with Crippen LogP contribution < -0.4 is 0 Å². The van der Waals surface area contributed by atoms with Crippen molar-refractivity contribution in [3.63, 3.8) is 0 Å². The van der Waals surface area contributed by atoms with Crippen LogP contribution in [-0.2, 0) is 38.0 Å². The summed E-state index contributed by atoms with van der Waals surface area (Å²) < 4.78 is 33.2. The molecule has 0 spiro atoms. The van der Waals surface area contributed by atoms with Crippen LogP contribution in [0.15, 0.2) is 12.2 Å². The number of hydrogen-bond acceptors (Lipinski definition) is 8. The van der Waals surface area contributed by atoms with Crippen LogP contribution in [0.25, 0.3) is 0 Å². The molecule has 2 bridgehead atoms. The van der Waals surface area contributed by atoms with Gasteiger partial charge in [-0.25, -0.2) is 0 Å². The lowest BCUT2D eigenvalue weighted by Crippen LogP contribution is -2.39. The largest absolute Gasteiger partial charge is 0.462 e. The van der Waals surface area contributed by atoms with E-state index in [9.17, 15) is 9.59 Å². The van der Waals surface area contributed by atoms with E-state index < -0.39 is 11.8 Å². The van der Waals surface area contributed by atoms with Crippen molar-refractivity contribution < 1.29 is 38.0 Å². The summed E-state index contributed by atoms with van der Waals surface area (Å²) in [6, 6.07) is 0. The average molecular weight is 434 g/mol. The number of ether oxygens (including phenoxy) is 6. The van der Waals surface area contributed by atoms with Crippen molar-refractivity contribution in [2.24, 2.45) is 23.7 Å². The SMILES string of the molecule is O=C(OC(CC1CO1)CC1CO1)C1C2C=CC(C2)C1C(=O)OC(CC1CO1)CC1CO1. The van der Waals surface area contributed by atoms with Gasteiger partial charge in [-0.3, -0.25) is 9.59 Å². The Morgan fingerprint density at radius 1 is 0.677 bits per heavy atom. The molecule has 8 unspecified atom stereocenters. The van der Waals surface area contributed by atoms with Crippen molar-refractivity contribution in [2.75, 3.05) is 26.4 Å². The third-order valence-electron chi connectivity index (χ3n) is 7.28. The van der Waals surface area contributed by atoms with Gasteiger partial charge in [-0.15, -0.1) is 0 Å². The highest BCUT2D eigenvalue weighted by atomic mass is 16.6. The number of hydrogen-bond donors (Lipinski definition) is 0. The van der Waals surface area contributed by atoms with Crippen molar-refractivity contribution >= 4 is 11.9 Å². The van der Waals surface area contributed by atoms with Crippen molar-refractivity contribution in [3.05, 3.63) is 12.2 Å². The van der Waals surface area contributed by atoms with Gasteiger partial charge in [-0.2, -0.15) is 0 Å². The predicted octanol–water partition coefficient (Wildman–Crippen LogP) is 1.40. The van der Waals surface area contributed by atoms with E-state index in [1.807, 2.05) is 0 Å². The average Bonchev–Trinajstić information content (AvgIpc) is 3.52. The molecule has 8 heteroatoms. The van der Waals surface area contributed by atoms with E-state index in [4.69, 9.17) is 28.4 Å². The standard InChI is InChI=1S/C23H30O8/c24-22(30-14(4-16-8-26-16)5-17-9-27-17)20-12-1-2-13(3-12)21(20)23(25)31-15(6-18-10-28-18)7-19-11-29-19/h1-2,12-21H,3-11H2. The lowest BCUT2D eigenvalue weighted by Gasteiger charge is -2.28. The third-order valence-corrected chi connectivity index (χ3v) is 7.28. The van der Waals surface area contributed by atoms with Crippen LogP contribution in [0, 0.1) is 23.7 Å². The van der Waals surface area contributed by atoms with Gasteiger partial charge in [0.25, 0.3) is 0 Å². The number of allylic oxidation sites excluding steroid dienone is 2. The highest BCUT2D eigenvalue weighted by Crippen LogP contribution is 2.49. The Morgan fingerprint density at radius 3 is 1.29 bits per heavy atom. The molecule has 8 nitrogen and oxygen atoms in total. The van der Waals surface area contributed by atoms with Gasteiger partial charge >= 0.3 is 11.9 Å². The second-order valence-electron chi connectivity index (χ2n) is 9.88. The third kappa shape index (κ3) is 4.97. The van der Waals surface area contributed by atoms with Crippen LogP contribution in [0.1, 0.15) is 32.1 Å². The molecule has 0 N–H and O–H groups in total. The minimum atomic E-state index is -0.472. The molecule has 0 aromatic carbocycles. The van der Waals surface area contributed by atoms with Gasteiger partial charge in [0, 0.05) is 25.7 Å². The van der Waals surface area contributed by atoms with E-state index in [-0.39, 0.29) is 60.4 Å². The summed E-state index contributed by atoms with van der Waals surface area (Å²) in [5.74, 6) is -1.42. The molecule has 8 atom stereocenters. The van der Waals surface area contributed by atoms with E-state index in [0.717, 1.165) is 32.8 Å². The van der Waals surface area contributed by atoms with Gasteiger partial charge in [-0.1, -0.05) is 12.2 Å². The monoisotopic (exact) mass is 434 g/mol. The molecule has 31 heavy (non-hydrogen) atoms. The number of esters is 2. The Kier molecular flexibility index (Phi) is 5.29. The maximum Gasteiger partial charge on any atom is 0.310 e. The minimum Gasteiger partial charge on any atom is -0.462 e. The zero-order valence-corrected chi connectivity index (χ0v) is 17.6. The molecular weight excluding hydrogens is 404 g/mol. The summed E-state index contributed by atoms with van der Waals surface area (Å²) in [4.78, 5) is 26.5. The highest BCUT2D eigenvalue weighted by molar-refractivity contribution is 5.84. The molecule has 4 saturated heterocycles. The Balaban J connectivity index is 1.11. The number of carbonyl (C=O) groups is 2. The van der Waals surface area contributed by atoms with E-state index in [1.54, 1.807) is 0 Å². The molecular formula is C23H30O8. The first-order valence-electron chi connectivity index (χ1n) is 11.7. The first-order valence-corrected chi connectivity index (χ1v) is 11.7. The van der Waals surface area contributed by atoms with Crippen LogP contribution in [0.5, 0.6) is 0 Å². The minimum absolute atomic E-state index is 0.0435. The van der Waals surface area contributed by atoms with Crippen LogP contribution in [-0.4, -0.2) is 75.0 Å². The van der Waals surface area contributed by atoms with Crippen molar-refractivity contribution in [2.45, 2.75) is 68.7 Å². The zero-order valence-electron chi connectivity index (χ0n) is 17.6. The first-order chi connectivity index (χ1) is 15.1. The zero-order chi connectivity index (χ0) is 20.9. The summed E-state index contributed by atoms with van der Waals surface area (Å²) >= 11 is 0. The van der Waals surface area contributed by atoms with Crippen molar-refractivity contribution in [1.29, 1.82) is 0 Å². The Labute approximate surface area is 181 Å². The Hall–Kier alpha value is -1.48. The van der Waals surface area contributed by atoms with E-state index in [1.165, 1.54) is 0 Å². The van der Waals surface area contributed by atoms with Gasteiger partial charge < -0.3 is 28.4 Å². The number of epoxide rings is 4. The second kappa shape index (κ2) is 8.14. The summed E-state index contributed by atoms with van der Waals surface area (Å²) in [6.07, 6.45) is 7.98. The van der Waals surface area contributed by atoms with Crippen LogP contribution >= 0.6 is 0 Å². The number of fused-ring (bicyclic) bond motifs is 2. The number of carbonyl (C=O) groups excluding carboxylic acids is 2. The molecule has 1 saturated carbocycles. The summed E-state index contributed by atoms with van der Waals surface area (Å²) in [5.41, 5.74) is 0. The maximum absolute atomic E-state index is 13.2. The van der Waals surface area contributed by atoms with Gasteiger partial charge in [0.15, 0.2) is 0 Å². The smallest absolute Gasteiger partial charge is 0.310 e. The molecule has 6 aliphatic rings. The molecule has 170 valence electrons. The molecule has 0 amide bonds. The molecule has 0 aromatic rings. The summed E-state index contributed by atoms with van der Waals surface area (Å²) in [5, 5.41) is 0. The van der Waals surface area contributed by atoms with E-state index >= 15 is 0 Å². The van der Waals surface area contributed by atoms with Gasteiger partial charge in [0.1, 0.15) is 12.2 Å². The molecule has 0 radical (unpaired) electrons. The number of rotatable bonds is 12. The van der Waals surface area contributed by atoms with Gasteiger partial charge in [0.2, 0.25) is 0 Å². The molecule has 2 aliphatic carbocycles. The first kappa shape index (κ1) is 20.1. The fourth-order valence-corrected chi connectivity index (χ4v) is 5.32. The van der Waals surface area contributed by atoms with Crippen LogP contribution in [0.3, 0.4) is 0 Å². The Bertz CT molecular complexity index is 648. The predicted molar refractivity (Wildman–Crippen MR) is 105 cm³/mol. The fraction of sp³-hybridized carbons (Fsp3) is 0.826. The highest BCUT2D eigenvalue weighted by Gasteiger charge is 2.54. The Morgan fingerprint density at radius 2 is 1.00 bits per heavy atom. The fourth-order valence-electron chi connectivity index (χ4n) is 5.32. The van der Waals surface area contributed by atoms with Crippen LogP contribution in [0.4, 0.5) is 0 Å². The second-order valence-corrected chi connectivity index (χ2v) is 9.88. The quantitative estimate of drug-likeness (QED) is 0.258. The summed E-state index contributed by atoms with van der Waals surface area (Å²) in [6.45, 7) is 2.90. The molecule has 6 rings (SSSR count). The van der Waals surface area contributed by atoms with Crippen molar-refractivity contribution in [1.82, 2.24) is 0 Å². The van der Waals surface area contributed by atoms with Gasteiger partial charge in [-0.05, 0) is 18.3 Å². The van der Waals surface area contributed by atoms with E-state index in [2.05, 4.69) is 12.2 Å². The normalized spacial score (nSPS) is 42.7. The topological polar surface area (TPSA) is 103 Å². The summed E-state index contributed by atoms with van der Waals surface area (Å²) in [7, 11) is 0.